The number of hydrogen-bond donors (Lipinski definition) is 1. The number of methoxy groups -OCH3 is 1. The van der Waals surface area contributed by atoms with Gasteiger partial charge < -0.3 is 15.0 Å². The van der Waals surface area contributed by atoms with Crippen LogP contribution in [0, 0.1) is 5.41 Å². The minimum Gasteiger partial charge on any atom is -0.383 e. The van der Waals surface area contributed by atoms with Crippen LogP contribution in [0.25, 0.3) is 0 Å². The van der Waals surface area contributed by atoms with Crippen molar-refractivity contribution in [1.29, 1.82) is 0 Å². The number of ether oxygens (including phenoxy) is 1. The maximum atomic E-state index is 5.22. The van der Waals surface area contributed by atoms with Crippen molar-refractivity contribution < 1.29 is 4.74 Å². The van der Waals surface area contributed by atoms with Crippen LogP contribution < -0.4 is 5.32 Å². The first-order chi connectivity index (χ1) is 10.6. The zero-order chi connectivity index (χ0) is 16.0. The maximum Gasteiger partial charge on any atom is 0.193 e. The standard InChI is InChI=1S/C17H34N4O/c1-5-18-16(21-10-8-17(2,3)14-21)19-9-11-20(12-13-22-4)15-6-7-15/h15H,5-14H2,1-4H3,(H,18,19). The average Bonchev–Trinajstić information content (AvgIpc) is 3.25. The summed E-state index contributed by atoms with van der Waals surface area (Å²) in [5.41, 5.74) is 0.411. The number of aliphatic imine (C=N–C) groups is 1. The number of guanidine groups is 1. The first-order valence-corrected chi connectivity index (χ1v) is 8.82. The van der Waals surface area contributed by atoms with Crippen molar-refractivity contribution in [2.45, 2.75) is 46.1 Å². The summed E-state index contributed by atoms with van der Waals surface area (Å²) in [4.78, 5) is 9.82. The molecule has 0 aromatic rings. The molecule has 0 aromatic carbocycles. The van der Waals surface area contributed by atoms with Gasteiger partial charge in [-0.2, -0.15) is 0 Å². The van der Waals surface area contributed by atoms with Crippen LogP contribution >= 0.6 is 0 Å². The molecule has 1 saturated carbocycles. The van der Waals surface area contributed by atoms with Crippen LogP contribution in [0.3, 0.4) is 0 Å². The lowest BCUT2D eigenvalue weighted by Gasteiger charge is -2.25. The van der Waals surface area contributed by atoms with E-state index in [9.17, 15) is 0 Å². The Morgan fingerprint density at radius 3 is 2.68 bits per heavy atom. The Kier molecular flexibility index (Phi) is 6.50. The molecule has 2 rings (SSSR count). The van der Waals surface area contributed by atoms with Crippen LogP contribution in [-0.2, 0) is 4.74 Å². The lowest BCUT2D eigenvalue weighted by atomic mass is 9.93. The minimum absolute atomic E-state index is 0.411. The second-order valence-corrected chi connectivity index (χ2v) is 7.33. The van der Waals surface area contributed by atoms with Gasteiger partial charge in [0.05, 0.1) is 13.2 Å². The van der Waals surface area contributed by atoms with E-state index in [1.165, 1.54) is 19.3 Å². The molecule has 1 aliphatic heterocycles. The van der Waals surface area contributed by atoms with Crippen LogP contribution in [0.15, 0.2) is 4.99 Å². The Balaban J connectivity index is 1.84. The Hall–Kier alpha value is -0.810. The number of likely N-dealkylation sites (tertiary alicyclic amines) is 1. The molecule has 5 nitrogen and oxygen atoms in total. The lowest BCUT2D eigenvalue weighted by molar-refractivity contribution is 0.145. The summed E-state index contributed by atoms with van der Waals surface area (Å²) in [6.07, 6.45) is 3.93. The summed E-state index contributed by atoms with van der Waals surface area (Å²) in [6.45, 7) is 13.8. The van der Waals surface area contributed by atoms with Crippen LogP contribution in [0.5, 0.6) is 0 Å². The smallest absolute Gasteiger partial charge is 0.193 e. The number of nitrogens with zero attached hydrogens (tertiary/aromatic N) is 3. The van der Waals surface area contributed by atoms with E-state index >= 15 is 0 Å². The highest BCUT2D eigenvalue weighted by atomic mass is 16.5. The van der Waals surface area contributed by atoms with E-state index in [2.05, 4.69) is 35.9 Å². The first kappa shape index (κ1) is 17.5. The summed E-state index contributed by atoms with van der Waals surface area (Å²) in [5, 5.41) is 3.46. The van der Waals surface area contributed by atoms with Gasteiger partial charge in [-0.05, 0) is 31.6 Å². The molecule has 0 atom stereocenters. The van der Waals surface area contributed by atoms with Crippen molar-refractivity contribution in [3.05, 3.63) is 0 Å². The van der Waals surface area contributed by atoms with Gasteiger partial charge in [0.25, 0.3) is 0 Å². The molecule has 0 aromatic heterocycles. The zero-order valence-corrected chi connectivity index (χ0v) is 14.9. The third-order valence-corrected chi connectivity index (χ3v) is 4.61. The lowest BCUT2D eigenvalue weighted by Crippen LogP contribution is -2.41. The summed E-state index contributed by atoms with van der Waals surface area (Å²) < 4.78 is 5.22. The quantitative estimate of drug-likeness (QED) is 0.548. The molecule has 1 heterocycles. The van der Waals surface area contributed by atoms with Crippen molar-refractivity contribution in [3.63, 3.8) is 0 Å². The molecule has 1 saturated heterocycles. The van der Waals surface area contributed by atoms with Gasteiger partial charge in [-0.1, -0.05) is 13.8 Å². The molecule has 22 heavy (non-hydrogen) atoms. The fourth-order valence-electron chi connectivity index (χ4n) is 3.13. The largest absolute Gasteiger partial charge is 0.383 e. The van der Waals surface area contributed by atoms with Crippen LogP contribution in [0.2, 0.25) is 0 Å². The molecule has 1 N–H and O–H groups in total. The summed E-state index contributed by atoms with van der Waals surface area (Å²) >= 11 is 0. The van der Waals surface area contributed by atoms with E-state index in [1.54, 1.807) is 7.11 Å². The summed E-state index contributed by atoms with van der Waals surface area (Å²) in [7, 11) is 1.78. The average molecular weight is 310 g/mol. The van der Waals surface area contributed by atoms with Crippen LogP contribution in [0.4, 0.5) is 0 Å². The molecule has 1 aliphatic carbocycles. The molecular weight excluding hydrogens is 276 g/mol. The zero-order valence-electron chi connectivity index (χ0n) is 14.9. The monoisotopic (exact) mass is 310 g/mol. The Labute approximate surface area is 136 Å². The maximum absolute atomic E-state index is 5.22. The van der Waals surface area contributed by atoms with Crippen molar-refractivity contribution in [2.24, 2.45) is 10.4 Å². The minimum atomic E-state index is 0.411. The molecule has 2 fully saturated rings. The fourth-order valence-corrected chi connectivity index (χ4v) is 3.13. The van der Waals surface area contributed by atoms with E-state index in [-0.39, 0.29) is 0 Å². The topological polar surface area (TPSA) is 40.1 Å². The Morgan fingerprint density at radius 2 is 2.14 bits per heavy atom. The highest BCUT2D eigenvalue weighted by Gasteiger charge is 2.31. The highest BCUT2D eigenvalue weighted by Crippen LogP contribution is 2.29. The van der Waals surface area contributed by atoms with E-state index in [0.717, 1.165) is 57.9 Å². The molecule has 0 radical (unpaired) electrons. The molecule has 0 unspecified atom stereocenters. The van der Waals surface area contributed by atoms with Gasteiger partial charge in [-0.3, -0.25) is 9.89 Å². The fraction of sp³-hybridized carbons (Fsp3) is 0.941. The summed E-state index contributed by atoms with van der Waals surface area (Å²) in [6, 6.07) is 0.777. The second-order valence-electron chi connectivity index (χ2n) is 7.33. The molecule has 0 amide bonds. The molecule has 5 heteroatoms. The molecule has 0 spiro atoms. The van der Waals surface area contributed by atoms with Gasteiger partial charge >= 0.3 is 0 Å². The van der Waals surface area contributed by atoms with Crippen LogP contribution in [-0.4, -0.2) is 74.8 Å². The van der Waals surface area contributed by atoms with Crippen LogP contribution in [0.1, 0.15) is 40.0 Å². The van der Waals surface area contributed by atoms with E-state index in [4.69, 9.17) is 9.73 Å². The van der Waals surface area contributed by atoms with Gasteiger partial charge in [0.2, 0.25) is 0 Å². The predicted molar refractivity (Wildman–Crippen MR) is 92.4 cm³/mol. The predicted octanol–water partition coefficient (Wildman–Crippen LogP) is 1.79. The van der Waals surface area contributed by atoms with Gasteiger partial charge in [-0.15, -0.1) is 0 Å². The number of nitrogens with one attached hydrogen (secondary N) is 1. The SMILES string of the molecule is CCNC(=NCCN(CCOC)C1CC1)N1CCC(C)(C)C1. The van der Waals surface area contributed by atoms with Gasteiger partial charge in [0, 0.05) is 45.9 Å². The first-order valence-electron chi connectivity index (χ1n) is 8.82. The van der Waals surface area contributed by atoms with E-state index < -0.39 is 0 Å². The molecule has 128 valence electrons. The van der Waals surface area contributed by atoms with Crippen molar-refractivity contribution in [3.8, 4) is 0 Å². The normalized spacial score (nSPS) is 21.7. The number of rotatable bonds is 8. The number of hydrogen-bond acceptors (Lipinski definition) is 3. The van der Waals surface area contributed by atoms with Gasteiger partial charge in [-0.25, -0.2) is 0 Å². The summed E-state index contributed by atoms with van der Waals surface area (Å²) in [5.74, 6) is 1.09. The Bertz CT molecular complexity index is 366. The third kappa shape index (κ3) is 5.43. The highest BCUT2D eigenvalue weighted by molar-refractivity contribution is 5.80. The van der Waals surface area contributed by atoms with Crippen molar-refractivity contribution in [1.82, 2.24) is 15.1 Å². The molecule has 2 aliphatic rings. The molecule has 0 bridgehead atoms. The molecular formula is C17H34N4O. The third-order valence-electron chi connectivity index (χ3n) is 4.61. The van der Waals surface area contributed by atoms with Gasteiger partial charge in [0.15, 0.2) is 5.96 Å². The van der Waals surface area contributed by atoms with E-state index in [0.29, 0.717) is 5.41 Å². The second kappa shape index (κ2) is 8.16. The van der Waals surface area contributed by atoms with E-state index in [1.807, 2.05) is 0 Å². The van der Waals surface area contributed by atoms with Gasteiger partial charge in [0.1, 0.15) is 0 Å². The van der Waals surface area contributed by atoms with Crippen molar-refractivity contribution in [2.75, 3.05) is 53.0 Å². The van der Waals surface area contributed by atoms with Crippen molar-refractivity contribution >= 4 is 5.96 Å². The Morgan fingerprint density at radius 1 is 1.36 bits per heavy atom.